The molecule has 3 aromatic carbocycles. The quantitative estimate of drug-likeness (QED) is 0.152. The fourth-order valence-electron chi connectivity index (χ4n) is 5.22. The summed E-state index contributed by atoms with van der Waals surface area (Å²) in [6, 6.07) is 15.1. The molecule has 2 heterocycles. The first-order chi connectivity index (χ1) is 20.6. The molecule has 2 unspecified atom stereocenters. The Morgan fingerprint density at radius 3 is 2.47 bits per heavy atom. The molecule has 226 valence electrons. The number of anilines is 3. The number of likely N-dealkylation sites (tertiary alicyclic amines) is 1. The minimum Gasteiger partial charge on any atom is -0.397 e. The molecule has 2 fully saturated rings. The summed E-state index contributed by atoms with van der Waals surface area (Å²) in [6.45, 7) is 2.57. The standard InChI is InChI=1S/C31H31F4N5O3/c32-24-15-21(31(33,34)35)10-11-26(24)39-30(42)29(37-13-14-40-17-23-16-22(40)18-43-23)20-8-5-19(6-9-20)7-12-28(41)38-27-4-2-1-3-25(27)36/h1-12,15,22-23,29,37H,13-14,16-18,36H2,(H,38,41)(H,39,42)/t22?,23?,29-/m0/s1. The number of carbonyl (C=O) groups excluding carboxylic acids is 2. The Bertz CT molecular complexity index is 1500. The number of carbonyl (C=O) groups is 2. The van der Waals surface area contributed by atoms with Crippen LogP contribution in [0.1, 0.15) is 29.2 Å². The Balaban J connectivity index is 1.27. The van der Waals surface area contributed by atoms with E-state index in [9.17, 15) is 27.2 Å². The molecule has 5 rings (SSSR count). The van der Waals surface area contributed by atoms with Crippen molar-refractivity contribution < 1.29 is 31.9 Å². The molecule has 43 heavy (non-hydrogen) atoms. The second kappa shape index (κ2) is 12.9. The molecule has 3 aromatic rings. The number of para-hydroxylation sites is 2. The van der Waals surface area contributed by atoms with Gasteiger partial charge in [0.1, 0.15) is 11.9 Å². The monoisotopic (exact) mass is 597 g/mol. The predicted octanol–water partition coefficient (Wildman–Crippen LogP) is 4.82. The molecule has 0 spiro atoms. The summed E-state index contributed by atoms with van der Waals surface area (Å²) in [5, 5.41) is 8.33. The van der Waals surface area contributed by atoms with E-state index in [1.54, 1.807) is 54.6 Å². The van der Waals surface area contributed by atoms with Crippen molar-refractivity contribution in [1.29, 1.82) is 0 Å². The number of fused-ring (bicyclic) bond motifs is 2. The number of benzene rings is 3. The lowest BCUT2D eigenvalue weighted by Gasteiger charge is -2.27. The van der Waals surface area contributed by atoms with Gasteiger partial charge in [-0.15, -0.1) is 0 Å². The minimum absolute atomic E-state index is 0.222. The molecule has 2 aliphatic heterocycles. The number of nitrogens with two attached hydrogens (primary N) is 1. The van der Waals surface area contributed by atoms with Crippen LogP contribution in [0, 0.1) is 5.82 Å². The number of ether oxygens (including phenoxy) is 1. The largest absolute Gasteiger partial charge is 0.416 e. The van der Waals surface area contributed by atoms with Crippen LogP contribution < -0.4 is 21.7 Å². The van der Waals surface area contributed by atoms with E-state index >= 15 is 0 Å². The maximum atomic E-state index is 14.5. The third-order valence-corrected chi connectivity index (χ3v) is 7.49. The fraction of sp³-hybridized carbons (Fsp3) is 0.290. The Morgan fingerprint density at radius 1 is 1.05 bits per heavy atom. The molecule has 2 aliphatic rings. The lowest BCUT2D eigenvalue weighted by molar-refractivity contribution is -0.137. The number of amides is 2. The number of rotatable bonds is 10. The van der Waals surface area contributed by atoms with Crippen molar-refractivity contribution >= 4 is 35.0 Å². The van der Waals surface area contributed by atoms with Crippen molar-refractivity contribution in [3.63, 3.8) is 0 Å². The molecule has 12 heteroatoms. The number of nitrogen functional groups attached to an aromatic ring is 1. The second-order valence-electron chi connectivity index (χ2n) is 10.5. The van der Waals surface area contributed by atoms with Gasteiger partial charge in [-0.3, -0.25) is 14.5 Å². The first-order valence-corrected chi connectivity index (χ1v) is 13.8. The summed E-state index contributed by atoms with van der Waals surface area (Å²) in [5.74, 6) is -2.19. The van der Waals surface area contributed by atoms with E-state index in [0.29, 0.717) is 54.3 Å². The average molecular weight is 598 g/mol. The van der Waals surface area contributed by atoms with Gasteiger partial charge in [-0.25, -0.2) is 4.39 Å². The zero-order valence-corrected chi connectivity index (χ0v) is 23.0. The van der Waals surface area contributed by atoms with E-state index in [1.165, 1.54) is 6.08 Å². The zero-order valence-electron chi connectivity index (χ0n) is 23.0. The van der Waals surface area contributed by atoms with Crippen LogP contribution in [-0.4, -0.2) is 55.1 Å². The highest BCUT2D eigenvalue weighted by molar-refractivity contribution is 6.03. The van der Waals surface area contributed by atoms with Crippen LogP contribution in [0.25, 0.3) is 6.08 Å². The molecule has 0 saturated carbocycles. The zero-order chi connectivity index (χ0) is 30.6. The first-order valence-electron chi connectivity index (χ1n) is 13.8. The molecule has 0 aromatic heterocycles. The molecule has 2 bridgehead atoms. The number of alkyl halides is 3. The van der Waals surface area contributed by atoms with E-state index < -0.39 is 29.5 Å². The SMILES string of the molecule is Nc1ccccc1NC(=O)C=Cc1ccc([C@H](NCCN2CC3CC2CO3)C(=O)Nc2ccc(C(F)(F)F)cc2F)cc1. The summed E-state index contributed by atoms with van der Waals surface area (Å²) in [7, 11) is 0. The van der Waals surface area contributed by atoms with Gasteiger partial charge in [-0.05, 0) is 54.0 Å². The molecular weight excluding hydrogens is 566 g/mol. The van der Waals surface area contributed by atoms with Crippen molar-refractivity contribution in [2.45, 2.75) is 30.8 Å². The maximum absolute atomic E-state index is 14.5. The molecule has 3 atom stereocenters. The number of hydrogen-bond acceptors (Lipinski definition) is 6. The molecule has 2 saturated heterocycles. The predicted molar refractivity (Wildman–Crippen MR) is 155 cm³/mol. The van der Waals surface area contributed by atoms with Gasteiger partial charge in [0.2, 0.25) is 11.8 Å². The Hall–Kier alpha value is -4.26. The molecule has 0 aliphatic carbocycles. The van der Waals surface area contributed by atoms with Crippen molar-refractivity contribution in [3.05, 3.63) is 95.3 Å². The van der Waals surface area contributed by atoms with Crippen molar-refractivity contribution in [2.75, 3.05) is 42.6 Å². The number of halogens is 4. The number of hydrogen-bond donors (Lipinski definition) is 4. The van der Waals surface area contributed by atoms with Gasteiger partial charge in [0.25, 0.3) is 0 Å². The van der Waals surface area contributed by atoms with Gasteiger partial charge in [-0.2, -0.15) is 13.2 Å². The third kappa shape index (κ3) is 7.58. The molecular formula is C31H31F4N5O3. The Morgan fingerprint density at radius 2 is 1.81 bits per heavy atom. The van der Waals surface area contributed by atoms with E-state index in [4.69, 9.17) is 10.5 Å². The molecule has 5 N–H and O–H groups in total. The summed E-state index contributed by atoms with van der Waals surface area (Å²) in [6.07, 6.45) is -0.560. The highest BCUT2D eigenvalue weighted by atomic mass is 19.4. The highest BCUT2D eigenvalue weighted by Gasteiger charge is 2.38. The van der Waals surface area contributed by atoms with Crippen LogP contribution >= 0.6 is 0 Å². The van der Waals surface area contributed by atoms with Gasteiger partial charge in [0.15, 0.2) is 0 Å². The van der Waals surface area contributed by atoms with Gasteiger partial charge >= 0.3 is 6.18 Å². The Labute approximate surface area is 245 Å². The van der Waals surface area contributed by atoms with Gasteiger partial charge in [0, 0.05) is 31.8 Å². The van der Waals surface area contributed by atoms with Crippen LogP contribution in [0.3, 0.4) is 0 Å². The topological polar surface area (TPSA) is 109 Å². The van der Waals surface area contributed by atoms with E-state index in [1.807, 2.05) is 0 Å². The fourth-order valence-corrected chi connectivity index (χ4v) is 5.22. The van der Waals surface area contributed by atoms with Gasteiger partial charge < -0.3 is 26.4 Å². The Kier molecular flexibility index (Phi) is 9.09. The maximum Gasteiger partial charge on any atom is 0.416 e. The smallest absolute Gasteiger partial charge is 0.397 e. The molecule has 8 nitrogen and oxygen atoms in total. The second-order valence-corrected chi connectivity index (χ2v) is 10.5. The third-order valence-electron chi connectivity index (χ3n) is 7.49. The average Bonchev–Trinajstić information content (AvgIpc) is 3.60. The van der Waals surface area contributed by atoms with Crippen molar-refractivity contribution in [2.24, 2.45) is 0 Å². The van der Waals surface area contributed by atoms with Crippen LogP contribution in [0.2, 0.25) is 0 Å². The van der Waals surface area contributed by atoms with E-state index in [0.717, 1.165) is 25.1 Å². The van der Waals surface area contributed by atoms with Crippen molar-refractivity contribution in [3.8, 4) is 0 Å². The van der Waals surface area contributed by atoms with Crippen LogP contribution in [0.5, 0.6) is 0 Å². The lowest BCUT2D eigenvalue weighted by Crippen LogP contribution is -2.43. The van der Waals surface area contributed by atoms with Gasteiger partial charge in [-0.1, -0.05) is 36.4 Å². The normalized spacial score (nSPS) is 19.1. The number of morpholine rings is 1. The van der Waals surface area contributed by atoms with Crippen LogP contribution in [0.15, 0.2) is 72.8 Å². The minimum atomic E-state index is -4.71. The highest BCUT2D eigenvalue weighted by Crippen LogP contribution is 2.32. The first kappa shape index (κ1) is 30.2. The summed E-state index contributed by atoms with van der Waals surface area (Å²) >= 11 is 0. The number of nitrogens with one attached hydrogen (secondary N) is 3. The summed E-state index contributed by atoms with van der Waals surface area (Å²) < 4.78 is 59.1. The summed E-state index contributed by atoms with van der Waals surface area (Å²) in [5.41, 5.74) is 6.52. The number of nitrogens with zero attached hydrogens (tertiary/aromatic N) is 1. The molecule has 2 amide bonds. The summed E-state index contributed by atoms with van der Waals surface area (Å²) in [4.78, 5) is 27.9. The van der Waals surface area contributed by atoms with Crippen molar-refractivity contribution in [1.82, 2.24) is 10.2 Å². The van der Waals surface area contributed by atoms with E-state index in [-0.39, 0.29) is 17.7 Å². The lowest BCUT2D eigenvalue weighted by atomic mass is 10.0. The molecule has 0 radical (unpaired) electrons. The van der Waals surface area contributed by atoms with Crippen LogP contribution in [-0.2, 0) is 20.5 Å². The van der Waals surface area contributed by atoms with E-state index in [2.05, 4.69) is 20.9 Å². The van der Waals surface area contributed by atoms with Crippen LogP contribution in [0.4, 0.5) is 34.6 Å². The van der Waals surface area contributed by atoms with Gasteiger partial charge in [0.05, 0.1) is 35.3 Å².